The van der Waals surface area contributed by atoms with E-state index in [2.05, 4.69) is 20.2 Å². The Labute approximate surface area is 194 Å². The molecule has 10 heteroatoms. The fraction of sp³-hybridized carbons (Fsp3) is 0.455. The van der Waals surface area contributed by atoms with Crippen LogP contribution in [0, 0.1) is 0 Å². The van der Waals surface area contributed by atoms with Crippen LogP contribution in [0.2, 0.25) is 0 Å². The summed E-state index contributed by atoms with van der Waals surface area (Å²) in [6, 6.07) is 7.80. The monoisotopic (exact) mass is 471 g/mol. The number of carbonyl (C=O) groups is 1. The van der Waals surface area contributed by atoms with Gasteiger partial charge in [0.2, 0.25) is 5.91 Å². The van der Waals surface area contributed by atoms with Gasteiger partial charge in [0.25, 0.3) is 0 Å². The minimum atomic E-state index is -0.215. The molecule has 5 rings (SSSR count). The molecule has 0 atom stereocenters. The molecule has 8 nitrogen and oxygen atoms in total. The molecule has 0 spiro atoms. The molecule has 2 aliphatic rings. The molecule has 168 valence electrons. The molecular formula is C22H25N5O3S2. The maximum atomic E-state index is 12.8. The maximum Gasteiger partial charge on any atom is 0.348 e. The minimum absolute atomic E-state index is 0.140. The number of hydrogen-bond donors (Lipinski definition) is 1. The van der Waals surface area contributed by atoms with Gasteiger partial charge < -0.3 is 10.1 Å². The van der Waals surface area contributed by atoms with Crippen LogP contribution >= 0.6 is 23.1 Å². The fourth-order valence-electron chi connectivity index (χ4n) is 4.22. The Morgan fingerprint density at radius 2 is 2.00 bits per heavy atom. The number of ether oxygens (including phenoxy) is 1. The lowest BCUT2D eigenvalue weighted by Gasteiger charge is -2.27. The first-order chi connectivity index (χ1) is 15.7. The molecule has 2 aromatic heterocycles. The zero-order valence-corrected chi connectivity index (χ0v) is 19.3. The number of anilines is 1. The van der Waals surface area contributed by atoms with Crippen molar-refractivity contribution in [1.29, 1.82) is 0 Å². The molecule has 0 bridgehead atoms. The fourth-order valence-corrected chi connectivity index (χ4v) is 5.98. The van der Waals surface area contributed by atoms with E-state index in [9.17, 15) is 9.59 Å². The number of rotatable bonds is 7. The van der Waals surface area contributed by atoms with Crippen molar-refractivity contribution in [1.82, 2.24) is 19.4 Å². The van der Waals surface area contributed by atoms with E-state index >= 15 is 0 Å². The van der Waals surface area contributed by atoms with Crippen LogP contribution in [-0.4, -0.2) is 63.9 Å². The number of para-hydroxylation sites is 1. The number of nitrogens with one attached hydrogen (secondary N) is 1. The van der Waals surface area contributed by atoms with Crippen molar-refractivity contribution >= 4 is 44.4 Å². The van der Waals surface area contributed by atoms with Crippen molar-refractivity contribution in [2.45, 2.75) is 30.8 Å². The molecule has 1 aliphatic heterocycles. The molecule has 3 heterocycles. The highest BCUT2D eigenvalue weighted by Crippen LogP contribution is 2.30. The van der Waals surface area contributed by atoms with Crippen LogP contribution in [0.25, 0.3) is 10.2 Å². The number of morpholine rings is 1. The van der Waals surface area contributed by atoms with Crippen molar-refractivity contribution in [3.05, 3.63) is 46.0 Å². The van der Waals surface area contributed by atoms with Crippen LogP contribution in [0.1, 0.15) is 17.7 Å². The van der Waals surface area contributed by atoms with Gasteiger partial charge >= 0.3 is 5.69 Å². The van der Waals surface area contributed by atoms with E-state index in [1.165, 1.54) is 23.1 Å². The number of carbonyl (C=O) groups excluding carboxylic acids is 1. The van der Waals surface area contributed by atoms with Crippen LogP contribution in [-0.2, 0) is 28.9 Å². The first-order valence-corrected chi connectivity index (χ1v) is 12.7. The lowest BCUT2D eigenvalue weighted by atomic mass is 10.2. The predicted octanol–water partition coefficient (Wildman–Crippen LogP) is 2.40. The number of fused-ring (bicyclic) bond motifs is 2. The van der Waals surface area contributed by atoms with Gasteiger partial charge in [-0.1, -0.05) is 35.2 Å². The zero-order valence-electron chi connectivity index (χ0n) is 17.7. The van der Waals surface area contributed by atoms with E-state index < -0.39 is 0 Å². The Hall–Kier alpha value is -2.27. The van der Waals surface area contributed by atoms with Gasteiger partial charge in [0, 0.05) is 37.4 Å². The van der Waals surface area contributed by atoms with Gasteiger partial charge in [0.15, 0.2) is 5.13 Å². The summed E-state index contributed by atoms with van der Waals surface area (Å²) >= 11 is 2.80. The van der Waals surface area contributed by atoms with E-state index in [1.54, 1.807) is 0 Å². The van der Waals surface area contributed by atoms with Crippen molar-refractivity contribution < 1.29 is 9.53 Å². The summed E-state index contributed by atoms with van der Waals surface area (Å²) in [5.74, 6) is 0.0613. The molecule has 1 fully saturated rings. The molecule has 1 saturated heterocycles. The molecular weight excluding hydrogens is 446 g/mol. The number of aromatic nitrogens is 3. The third-order valence-electron chi connectivity index (χ3n) is 5.82. The Bertz CT molecular complexity index is 1150. The number of hydrogen-bond acceptors (Lipinski definition) is 8. The molecule has 0 unspecified atom stereocenters. The Morgan fingerprint density at radius 1 is 1.16 bits per heavy atom. The topological polar surface area (TPSA) is 89.4 Å². The summed E-state index contributed by atoms with van der Waals surface area (Å²) < 4.78 is 8.28. The van der Waals surface area contributed by atoms with Crippen LogP contribution < -0.4 is 11.0 Å². The van der Waals surface area contributed by atoms with E-state index in [1.807, 2.05) is 28.8 Å². The molecule has 1 N–H and O–H groups in total. The van der Waals surface area contributed by atoms with Crippen molar-refractivity contribution in [3.63, 3.8) is 0 Å². The summed E-state index contributed by atoms with van der Waals surface area (Å²) in [6.07, 6.45) is 2.81. The number of thiazole rings is 1. The Kier molecular flexibility index (Phi) is 6.54. The van der Waals surface area contributed by atoms with E-state index in [4.69, 9.17) is 4.74 Å². The molecule has 32 heavy (non-hydrogen) atoms. The van der Waals surface area contributed by atoms with Gasteiger partial charge in [-0.15, -0.1) is 0 Å². The molecule has 1 aromatic carbocycles. The second-order valence-electron chi connectivity index (χ2n) is 7.91. The second kappa shape index (κ2) is 9.70. The van der Waals surface area contributed by atoms with E-state index in [0.29, 0.717) is 16.7 Å². The third kappa shape index (κ3) is 4.73. The molecule has 0 saturated carbocycles. The average molecular weight is 472 g/mol. The van der Waals surface area contributed by atoms with Gasteiger partial charge in [-0.2, -0.15) is 4.98 Å². The quantitative estimate of drug-likeness (QED) is 0.418. The predicted molar refractivity (Wildman–Crippen MR) is 127 cm³/mol. The van der Waals surface area contributed by atoms with Crippen LogP contribution in [0.15, 0.2) is 34.1 Å². The second-order valence-corrected chi connectivity index (χ2v) is 9.90. The summed E-state index contributed by atoms with van der Waals surface area (Å²) in [4.78, 5) is 36.4. The normalized spacial score (nSPS) is 16.4. The van der Waals surface area contributed by atoms with Crippen LogP contribution in [0.3, 0.4) is 0 Å². The smallest absolute Gasteiger partial charge is 0.348 e. The lowest BCUT2D eigenvalue weighted by molar-refractivity contribution is -0.113. The van der Waals surface area contributed by atoms with Crippen molar-refractivity contribution in [3.8, 4) is 0 Å². The maximum absolute atomic E-state index is 12.8. The highest BCUT2D eigenvalue weighted by atomic mass is 32.2. The highest BCUT2D eigenvalue weighted by molar-refractivity contribution is 8.00. The molecule has 3 aromatic rings. The third-order valence-corrected chi connectivity index (χ3v) is 7.79. The van der Waals surface area contributed by atoms with Gasteiger partial charge in [-0.05, 0) is 31.4 Å². The summed E-state index contributed by atoms with van der Waals surface area (Å²) in [6.45, 7) is 4.79. The van der Waals surface area contributed by atoms with Crippen LogP contribution in [0.4, 0.5) is 5.13 Å². The molecule has 1 amide bonds. The summed E-state index contributed by atoms with van der Waals surface area (Å²) in [5.41, 5.74) is 2.88. The van der Waals surface area contributed by atoms with Gasteiger partial charge in [-0.25, -0.2) is 9.78 Å². The Morgan fingerprint density at radius 3 is 2.84 bits per heavy atom. The van der Waals surface area contributed by atoms with E-state index in [0.717, 1.165) is 73.6 Å². The van der Waals surface area contributed by atoms with Crippen molar-refractivity contribution in [2.24, 2.45) is 0 Å². The number of benzene rings is 1. The van der Waals surface area contributed by atoms with Crippen LogP contribution in [0.5, 0.6) is 0 Å². The lowest BCUT2D eigenvalue weighted by Crippen LogP contribution is -2.40. The standard InChI is InChI=1S/C22H25N5O3S2/c28-19(24-21-23-16-5-1-2-7-18(16)32-21)14-31-20-15-4-3-6-17(15)27(22(29)25-20)9-8-26-10-12-30-13-11-26/h1-2,5,7H,3-4,6,8-14H2,(H,23,24,28). The van der Waals surface area contributed by atoms with Crippen molar-refractivity contribution in [2.75, 3.05) is 43.9 Å². The number of amides is 1. The molecule has 0 radical (unpaired) electrons. The van der Waals surface area contributed by atoms with E-state index in [-0.39, 0.29) is 17.3 Å². The average Bonchev–Trinajstić information content (AvgIpc) is 3.44. The molecule has 1 aliphatic carbocycles. The van der Waals surface area contributed by atoms with Gasteiger partial charge in [0.1, 0.15) is 5.03 Å². The largest absolute Gasteiger partial charge is 0.379 e. The SMILES string of the molecule is O=C(CSc1nc(=O)n(CCN2CCOCC2)c2c1CCC2)Nc1nc2ccccc2s1. The number of nitrogens with zero attached hydrogens (tertiary/aromatic N) is 4. The Balaban J connectivity index is 1.24. The first kappa shape index (κ1) is 21.6. The summed E-state index contributed by atoms with van der Waals surface area (Å²) in [5, 5.41) is 4.16. The zero-order chi connectivity index (χ0) is 21.9. The minimum Gasteiger partial charge on any atom is -0.379 e. The first-order valence-electron chi connectivity index (χ1n) is 10.9. The van der Waals surface area contributed by atoms with Gasteiger partial charge in [0.05, 0.1) is 29.2 Å². The highest BCUT2D eigenvalue weighted by Gasteiger charge is 2.23. The van der Waals surface area contributed by atoms with Gasteiger partial charge in [-0.3, -0.25) is 14.3 Å². The summed E-state index contributed by atoms with van der Waals surface area (Å²) in [7, 11) is 0. The number of thioether (sulfide) groups is 1.